The summed E-state index contributed by atoms with van der Waals surface area (Å²) < 4.78 is 0. The number of nitrogens with one attached hydrogen (secondary N) is 1. The van der Waals surface area contributed by atoms with Gasteiger partial charge in [0.2, 0.25) is 5.91 Å². The molecule has 0 aliphatic heterocycles. The molecule has 0 fully saturated rings. The van der Waals surface area contributed by atoms with Crippen molar-refractivity contribution in [2.75, 3.05) is 6.54 Å². The van der Waals surface area contributed by atoms with Crippen molar-refractivity contribution in [2.45, 2.75) is 44.6 Å². The number of amides is 1. The van der Waals surface area contributed by atoms with Crippen LogP contribution in [0.2, 0.25) is 0 Å². The van der Waals surface area contributed by atoms with Crippen molar-refractivity contribution in [3.8, 4) is 0 Å². The van der Waals surface area contributed by atoms with Crippen LogP contribution in [-0.2, 0) is 11.2 Å². The fourth-order valence-corrected chi connectivity index (χ4v) is 4.27. The molecule has 0 spiro atoms. The molecule has 3 N–H and O–H groups in total. The second kappa shape index (κ2) is 12.1. The molecular weight excluding hydrogens is 380 g/mol. The van der Waals surface area contributed by atoms with E-state index in [9.17, 15) is 4.79 Å². The predicted octanol–water partition coefficient (Wildman–Crippen LogP) is 5.31. The van der Waals surface area contributed by atoms with Gasteiger partial charge in [-0.15, -0.1) is 0 Å². The Morgan fingerprint density at radius 2 is 1.35 bits per heavy atom. The average Bonchev–Trinajstić information content (AvgIpc) is 2.79. The molecule has 3 rings (SSSR count). The van der Waals surface area contributed by atoms with Crippen LogP contribution in [0.15, 0.2) is 91.0 Å². The summed E-state index contributed by atoms with van der Waals surface area (Å²) in [5.74, 6) is 0.218. The highest BCUT2D eigenvalue weighted by molar-refractivity contribution is 5.87. The lowest BCUT2D eigenvalue weighted by atomic mass is 9.88. The Morgan fingerprint density at radius 3 is 1.87 bits per heavy atom. The van der Waals surface area contributed by atoms with Crippen molar-refractivity contribution in [3.05, 3.63) is 108 Å². The van der Waals surface area contributed by atoms with Crippen LogP contribution in [0, 0.1) is 5.92 Å². The highest BCUT2D eigenvalue weighted by Gasteiger charge is 2.25. The van der Waals surface area contributed by atoms with Crippen LogP contribution in [0.5, 0.6) is 0 Å². The summed E-state index contributed by atoms with van der Waals surface area (Å²) in [6.07, 6.45) is 3.76. The van der Waals surface area contributed by atoms with Crippen LogP contribution >= 0.6 is 0 Å². The zero-order valence-electron chi connectivity index (χ0n) is 18.4. The van der Waals surface area contributed by atoms with Crippen molar-refractivity contribution in [3.63, 3.8) is 0 Å². The number of hydrogen-bond donors (Lipinski definition) is 2. The standard InChI is InChI=1S/C28H34N2O/c1-22(20-23-12-5-2-6-13-23)21-26(18-11-19-29)30-28(31)27(24-14-7-3-8-15-24)25-16-9-4-10-17-25/h2-10,12-17,22,26-27H,11,18-21,29H2,1H3,(H,30,31)/t22-,26-/m1/s1. The maximum Gasteiger partial charge on any atom is 0.232 e. The van der Waals surface area contributed by atoms with E-state index in [1.54, 1.807) is 0 Å². The van der Waals surface area contributed by atoms with Crippen LogP contribution in [0.25, 0.3) is 0 Å². The summed E-state index contributed by atoms with van der Waals surface area (Å²) in [6.45, 7) is 2.90. The van der Waals surface area contributed by atoms with Crippen molar-refractivity contribution in [1.29, 1.82) is 0 Å². The van der Waals surface area contributed by atoms with Crippen molar-refractivity contribution >= 4 is 5.91 Å². The maximum absolute atomic E-state index is 13.5. The van der Waals surface area contributed by atoms with Gasteiger partial charge >= 0.3 is 0 Å². The Hall–Kier alpha value is -2.91. The molecule has 3 aromatic carbocycles. The molecule has 3 nitrogen and oxygen atoms in total. The lowest BCUT2D eigenvalue weighted by Crippen LogP contribution is -2.40. The molecule has 0 heterocycles. The topological polar surface area (TPSA) is 55.1 Å². The van der Waals surface area contributed by atoms with Gasteiger partial charge in [-0.1, -0.05) is 97.9 Å². The third kappa shape index (κ3) is 7.08. The molecule has 0 bridgehead atoms. The SMILES string of the molecule is C[C@H](Cc1ccccc1)C[C@@H](CCCN)NC(=O)C(c1ccccc1)c1ccccc1. The lowest BCUT2D eigenvalue weighted by molar-refractivity contribution is -0.122. The molecule has 0 aromatic heterocycles. The van der Waals surface area contributed by atoms with Gasteiger partial charge in [0.05, 0.1) is 5.92 Å². The first-order chi connectivity index (χ1) is 15.2. The predicted molar refractivity (Wildman–Crippen MR) is 129 cm³/mol. The second-order valence-corrected chi connectivity index (χ2v) is 8.42. The fourth-order valence-electron chi connectivity index (χ4n) is 4.27. The number of carbonyl (C=O) groups is 1. The number of hydrogen-bond acceptors (Lipinski definition) is 2. The first-order valence-corrected chi connectivity index (χ1v) is 11.3. The smallest absolute Gasteiger partial charge is 0.232 e. The van der Waals surface area contributed by atoms with Crippen molar-refractivity contribution in [1.82, 2.24) is 5.32 Å². The monoisotopic (exact) mass is 414 g/mol. The van der Waals surface area contributed by atoms with E-state index >= 15 is 0 Å². The van der Waals surface area contributed by atoms with Gasteiger partial charge < -0.3 is 11.1 Å². The van der Waals surface area contributed by atoms with Crippen LogP contribution in [0.3, 0.4) is 0 Å². The average molecular weight is 415 g/mol. The van der Waals surface area contributed by atoms with E-state index in [1.165, 1.54) is 5.56 Å². The molecule has 1 amide bonds. The van der Waals surface area contributed by atoms with E-state index in [0.717, 1.165) is 36.8 Å². The Bertz CT molecular complexity index is 857. The minimum Gasteiger partial charge on any atom is -0.353 e. The highest BCUT2D eigenvalue weighted by atomic mass is 16.1. The number of nitrogens with two attached hydrogens (primary N) is 1. The van der Waals surface area contributed by atoms with Gasteiger partial charge in [-0.3, -0.25) is 4.79 Å². The minimum absolute atomic E-state index is 0.0614. The highest BCUT2D eigenvalue weighted by Crippen LogP contribution is 2.26. The molecule has 162 valence electrons. The van der Waals surface area contributed by atoms with Gasteiger partial charge in [-0.05, 0) is 54.8 Å². The zero-order chi connectivity index (χ0) is 21.9. The second-order valence-electron chi connectivity index (χ2n) is 8.42. The van der Waals surface area contributed by atoms with Gasteiger partial charge in [0.25, 0.3) is 0 Å². The van der Waals surface area contributed by atoms with E-state index in [1.807, 2.05) is 66.7 Å². The third-order valence-corrected chi connectivity index (χ3v) is 5.74. The maximum atomic E-state index is 13.5. The quantitative estimate of drug-likeness (QED) is 0.447. The Morgan fingerprint density at radius 1 is 0.839 bits per heavy atom. The molecule has 0 aliphatic rings. The molecule has 0 unspecified atom stereocenters. The molecular formula is C28H34N2O. The minimum atomic E-state index is -0.313. The van der Waals surface area contributed by atoms with Crippen LogP contribution < -0.4 is 11.1 Å². The summed E-state index contributed by atoms with van der Waals surface area (Å²) in [6, 6.07) is 30.7. The summed E-state index contributed by atoms with van der Waals surface area (Å²) in [4.78, 5) is 13.5. The molecule has 0 aliphatic carbocycles. The number of rotatable bonds is 11. The van der Waals surface area contributed by atoms with Gasteiger partial charge in [0, 0.05) is 6.04 Å². The first kappa shape index (κ1) is 22.8. The fraction of sp³-hybridized carbons (Fsp3) is 0.321. The Balaban J connectivity index is 1.74. The van der Waals surface area contributed by atoms with E-state index in [-0.39, 0.29) is 17.9 Å². The van der Waals surface area contributed by atoms with E-state index in [0.29, 0.717) is 12.5 Å². The molecule has 3 aromatic rings. The van der Waals surface area contributed by atoms with E-state index in [2.05, 4.69) is 36.5 Å². The molecule has 0 saturated carbocycles. The number of benzene rings is 3. The van der Waals surface area contributed by atoms with Crippen LogP contribution in [0.1, 0.15) is 48.8 Å². The van der Waals surface area contributed by atoms with E-state index in [4.69, 9.17) is 5.73 Å². The van der Waals surface area contributed by atoms with Gasteiger partial charge in [-0.25, -0.2) is 0 Å². The third-order valence-electron chi connectivity index (χ3n) is 5.74. The van der Waals surface area contributed by atoms with Crippen molar-refractivity contribution < 1.29 is 4.79 Å². The first-order valence-electron chi connectivity index (χ1n) is 11.3. The number of carbonyl (C=O) groups excluding carboxylic acids is 1. The van der Waals surface area contributed by atoms with Gasteiger partial charge in [0.1, 0.15) is 0 Å². The van der Waals surface area contributed by atoms with E-state index < -0.39 is 0 Å². The van der Waals surface area contributed by atoms with Crippen LogP contribution in [0.4, 0.5) is 0 Å². The summed E-state index contributed by atoms with van der Waals surface area (Å²) in [7, 11) is 0. The molecule has 0 saturated heterocycles. The summed E-state index contributed by atoms with van der Waals surface area (Å²) in [5.41, 5.74) is 9.16. The lowest BCUT2D eigenvalue weighted by Gasteiger charge is -2.26. The Kier molecular flexibility index (Phi) is 8.86. The van der Waals surface area contributed by atoms with Gasteiger partial charge in [-0.2, -0.15) is 0 Å². The van der Waals surface area contributed by atoms with Gasteiger partial charge in [0.15, 0.2) is 0 Å². The molecule has 2 atom stereocenters. The molecule has 31 heavy (non-hydrogen) atoms. The Labute approximate surface area is 186 Å². The molecule has 3 heteroatoms. The van der Waals surface area contributed by atoms with Crippen molar-refractivity contribution in [2.24, 2.45) is 11.7 Å². The zero-order valence-corrected chi connectivity index (χ0v) is 18.4. The molecule has 0 radical (unpaired) electrons. The normalized spacial score (nSPS) is 13.0. The van der Waals surface area contributed by atoms with Crippen LogP contribution in [-0.4, -0.2) is 18.5 Å². The summed E-state index contributed by atoms with van der Waals surface area (Å²) in [5, 5.41) is 3.37. The largest absolute Gasteiger partial charge is 0.353 e. The summed E-state index contributed by atoms with van der Waals surface area (Å²) >= 11 is 0.